The number of nitriles is 1. The maximum absolute atomic E-state index is 12.3. The Hall–Kier alpha value is -2.28. The minimum atomic E-state index is -0.122. The van der Waals surface area contributed by atoms with Gasteiger partial charge in [-0.25, -0.2) is 0 Å². The Bertz CT molecular complexity index is 610. The third-order valence-electron chi connectivity index (χ3n) is 3.08. The Morgan fingerprint density at radius 1 is 1.50 bits per heavy atom. The van der Waals surface area contributed by atoms with Gasteiger partial charge in [0.1, 0.15) is 11.8 Å². The normalized spacial score (nSPS) is 12.1. The lowest BCUT2D eigenvalue weighted by Crippen LogP contribution is -2.34. The van der Waals surface area contributed by atoms with Gasteiger partial charge in [0.15, 0.2) is 0 Å². The van der Waals surface area contributed by atoms with Crippen molar-refractivity contribution in [1.29, 1.82) is 5.26 Å². The van der Waals surface area contributed by atoms with E-state index >= 15 is 0 Å². The lowest BCUT2D eigenvalue weighted by Gasteiger charge is -2.22. The monoisotopic (exact) mass is 242 g/mol. The molecule has 18 heavy (non-hydrogen) atoms. The summed E-state index contributed by atoms with van der Waals surface area (Å²) in [5.74, 6) is -0.122. The maximum atomic E-state index is 12.3. The summed E-state index contributed by atoms with van der Waals surface area (Å²) >= 11 is 0. The molecule has 0 spiro atoms. The fourth-order valence-electron chi connectivity index (χ4n) is 1.80. The fourth-order valence-corrected chi connectivity index (χ4v) is 1.80. The number of carbonyl (C=O) groups is 1. The first-order valence-electron chi connectivity index (χ1n) is 5.75. The summed E-state index contributed by atoms with van der Waals surface area (Å²) in [7, 11) is 1.70. The predicted octanol–water partition coefficient (Wildman–Crippen LogP) is 2.81. The van der Waals surface area contributed by atoms with Crippen molar-refractivity contribution in [1.82, 2.24) is 4.90 Å². The number of amides is 1. The van der Waals surface area contributed by atoms with Crippen molar-refractivity contribution in [3.8, 4) is 6.07 Å². The number of rotatable bonds is 3. The van der Waals surface area contributed by atoms with Gasteiger partial charge in [-0.1, -0.05) is 18.2 Å². The second kappa shape index (κ2) is 4.92. The van der Waals surface area contributed by atoms with Gasteiger partial charge in [0.2, 0.25) is 0 Å². The largest absolute Gasteiger partial charge is 0.463 e. The van der Waals surface area contributed by atoms with Crippen molar-refractivity contribution >= 4 is 16.9 Å². The average Bonchev–Trinajstić information content (AvgIpc) is 2.81. The van der Waals surface area contributed by atoms with E-state index in [1.807, 2.05) is 31.2 Å². The zero-order chi connectivity index (χ0) is 13.1. The quantitative estimate of drug-likeness (QED) is 0.831. The summed E-state index contributed by atoms with van der Waals surface area (Å²) in [4.78, 5) is 13.9. The molecule has 0 saturated carbocycles. The number of para-hydroxylation sites is 1. The molecule has 1 amide bonds. The van der Waals surface area contributed by atoms with E-state index in [9.17, 15) is 4.79 Å². The highest BCUT2D eigenvalue weighted by molar-refractivity contribution is 6.05. The van der Waals surface area contributed by atoms with Crippen LogP contribution in [0.5, 0.6) is 0 Å². The number of benzene rings is 1. The molecule has 0 saturated heterocycles. The molecule has 1 atom stereocenters. The van der Waals surface area contributed by atoms with Crippen LogP contribution in [0.2, 0.25) is 0 Å². The summed E-state index contributed by atoms with van der Waals surface area (Å²) < 4.78 is 5.35. The molecule has 0 radical (unpaired) electrons. The van der Waals surface area contributed by atoms with E-state index in [-0.39, 0.29) is 11.9 Å². The molecule has 92 valence electrons. The van der Waals surface area contributed by atoms with Crippen LogP contribution in [0.3, 0.4) is 0 Å². The predicted molar refractivity (Wildman–Crippen MR) is 68.0 cm³/mol. The molecule has 0 N–H and O–H groups in total. The van der Waals surface area contributed by atoms with E-state index in [0.717, 1.165) is 5.39 Å². The van der Waals surface area contributed by atoms with Gasteiger partial charge in [-0.2, -0.15) is 5.26 Å². The summed E-state index contributed by atoms with van der Waals surface area (Å²) in [5.41, 5.74) is 1.24. The van der Waals surface area contributed by atoms with Crippen LogP contribution in [0.25, 0.3) is 11.0 Å². The number of hydrogen-bond donors (Lipinski definition) is 0. The van der Waals surface area contributed by atoms with Gasteiger partial charge in [0, 0.05) is 18.5 Å². The van der Waals surface area contributed by atoms with Crippen molar-refractivity contribution < 1.29 is 9.21 Å². The highest BCUT2D eigenvalue weighted by atomic mass is 16.3. The van der Waals surface area contributed by atoms with Gasteiger partial charge in [-0.3, -0.25) is 4.79 Å². The molecule has 1 aromatic heterocycles. The van der Waals surface area contributed by atoms with Crippen molar-refractivity contribution in [2.24, 2.45) is 0 Å². The van der Waals surface area contributed by atoms with Gasteiger partial charge in [-0.05, 0) is 13.0 Å². The van der Waals surface area contributed by atoms with Crippen LogP contribution in [-0.4, -0.2) is 23.9 Å². The Balaban J connectivity index is 2.32. The van der Waals surface area contributed by atoms with Crippen LogP contribution in [-0.2, 0) is 0 Å². The van der Waals surface area contributed by atoms with E-state index < -0.39 is 0 Å². The van der Waals surface area contributed by atoms with Gasteiger partial charge >= 0.3 is 0 Å². The first-order valence-corrected chi connectivity index (χ1v) is 5.75. The van der Waals surface area contributed by atoms with Crippen LogP contribution >= 0.6 is 0 Å². The van der Waals surface area contributed by atoms with Crippen molar-refractivity contribution in [3.05, 3.63) is 36.1 Å². The van der Waals surface area contributed by atoms with E-state index in [2.05, 4.69) is 6.07 Å². The molecule has 1 unspecified atom stereocenters. The summed E-state index contributed by atoms with van der Waals surface area (Å²) in [6.07, 6.45) is 1.79. The zero-order valence-corrected chi connectivity index (χ0v) is 10.4. The topological polar surface area (TPSA) is 57.2 Å². The second-order valence-corrected chi connectivity index (χ2v) is 4.27. The van der Waals surface area contributed by atoms with Gasteiger partial charge in [0.05, 0.1) is 18.1 Å². The molecule has 4 heteroatoms. The Labute approximate surface area is 105 Å². The molecule has 0 aliphatic rings. The highest BCUT2D eigenvalue weighted by Crippen LogP contribution is 2.22. The Morgan fingerprint density at radius 3 is 2.94 bits per heavy atom. The second-order valence-electron chi connectivity index (χ2n) is 4.27. The minimum Gasteiger partial charge on any atom is -0.463 e. The lowest BCUT2D eigenvalue weighted by atomic mass is 10.1. The Morgan fingerprint density at radius 2 is 2.22 bits per heavy atom. The standard InChI is InChI=1S/C14H14N2O2/c1-10(7-8-15)16(2)14(17)12-9-18-13-6-4-3-5-11(12)13/h3-6,9-10H,7H2,1-2H3. The van der Waals surface area contributed by atoms with Crippen LogP contribution in [0, 0.1) is 11.3 Å². The van der Waals surface area contributed by atoms with E-state index in [0.29, 0.717) is 17.6 Å². The van der Waals surface area contributed by atoms with Crippen molar-refractivity contribution in [2.75, 3.05) is 7.05 Å². The van der Waals surface area contributed by atoms with Crippen LogP contribution < -0.4 is 0 Å². The van der Waals surface area contributed by atoms with E-state index in [1.165, 1.54) is 6.26 Å². The molecular weight excluding hydrogens is 228 g/mol. The first-order chi connectivity index (χ1) is 8.65. The molecule has 1 aromatic carbocycles. The van der Waals surface area contributed by atoms with Crippen LogP contribution in [0.4, 0.5) is 0 Å². The van der Waals surface area contributed by atoms with Crippen molar-refractivity contribution in [2.45, 2.75) is 19.4 Å². The number of fused-ring (bicyclic) bond motifs is 1. The molecular formula is C14H14N2O2. The molecule has 4 nitrogen and oxygen atoms in total. The SMILES string of the molecule is CC(CC#N)N(C)C(=O)c1coc2ccccc12. The number of carbonyl (C=O) groups excluding carboxylic acids is 1. The number of nitrogens with zero attached hydrogens (tertiary/aromatic N) is 2. The molecule has 1 heterocycles. The summed E-state index contributed by atoms with van der Waals surface area (Å²) in [6.45, 7) is 1.85. The number of hydrogen-bond acceptors (Lipinski definition) is 3. The molecule has 0 bridgehead atoms. The third kappa shape index (κ3) is 2.07. The summed E-state index contributed by atoms with van der Waals surface area (Å²) in [5, 5.41) is 9.47. The number of furan rings is 1. The summed E-state index contributed by atoms with van der Waals surface area (Å²) in [6, 6.07) is 9.37. The van der Waals surface area contributed by atoms with Gasteiger partial charge in [0.25, 0.3) is 5.91 Å². The molecule has 0 aliphatic carbocycles. The smallest absolute Gasteiger partial charge is 0.257 e. The van der Waals surface area contributed by atoms with Crippen LogP contribution in [0.15, 0.2) is 34.9 Å². The zero-order valence-electron chi connectivity index (χ0n) is 10.4. The molecule has 0 aliphatic heterocycles. The van der Waals surface area contributed by atoms with Gasteiger partial charge < -0.3 is 9.32 Å². The fraction of sp³-hybridized carbons (Fsp3) is 0.286. The molecule has 2 aromatic rings. The first kappa shape index (κ1) is 12.2. The van der Waals surface area contributed by atoms with Gasteiger partial charge in [-0.15, -0.1) is 0 Å². The van der Waals surface area contributed by atoms with E-state index in [4.69, 9.17) is 9.68 Å². The molecule has 2 rings (SSSR count). The lowest BCUT2D eigenvalue weighted by molar-refractivity contribution is 0.0747. The highest BCUT2D eigenvalue weighted by Gasteiger charge is 2.20. The Kier molecular flexibility index (Phi) is 3.33. The third-order valence-corrected chi connectivity index (χ3v) is 3.08. The van der Waals surface area contributed by atoms with E-state index in [1.54, 1.807) is 11.9 Å². The van der Waals surface area contributed by atoms with Crippen LogP contribution in [0.1, 0.15) is 23.7 Å². The maximum Gasteiger partial charge on any atom is 0.257 e. The van der Waals surface area contributed by atoms with Crippen molar-refractivity contribution in [3.63, 3.8) is 0 Å². The average molecular weight is 242 g/mol. The molecule has 0 fully saturated rings. The minimum absolute atomic E-state index is 0.115.